The van der Waals surface area contributed by atoms with Gasteiger partial charge >= 0.3 is 0 Å². The molecule has 88 valence electrons. The molecule has 2 rings (SSSR count). The number of ether oxygens (including phenoxy) is 2. The fraction of sp³-hybridized carbons (Fsp3) is 0.500. The normalized spacial score (nSPS) is 16.4. The van der Waals surface area contributed by atoms with Crippen LogP contribution in [-0.2, 0) is 11.3 Å². The zero-order chi connectivity index (χ0) is 11.5. The molecular formula is C12H16ClNO2. The molecule has 0 radical (unpaired) electrons. The van der Waals surface area contributed by atoms with Crippen LogP contribution in [0.15, 0.2) is 12.1 Å². The number of fused-ring (bicyclic) bond motifs is 1. The van der Waals surface area contributed by atoms with E-state index in [0.717, 1.165) is 28.3 Å². The molecule has 0 spiro atoms. The summed E-state index contributed by atoms with van der Waals surface area (Å²) in [5.41, 5.74) is 7.77. The third kappa shape index (κ3) is 2.17. The molecule has 0 amide bonds. The lowest BCUT2D eigenvalue weighted by molar-refractivity contribution is -0.0169. The zero-order valence-corrected chi connectivity index (χ0v) is 10.1. The van der Waals surface area contributed by atoms with Gasteiger partial charge in [0.2, 0.25) is 0 Å². The Morgan fingerprint density at radius 2 is 2.31 bits per heavy atom. The van der Waals surface area contributed by atoms with Crippen molar-refractivity contribution in [2.24, 2.45) is 5.73 Å². The summed E-state index contributed by atoms with van der Waals surface area (Å²) in [6.45, 7) is 3.67. The molecule has 0 aromatic heterocycles. The van der Waals surface area contributed by atoms with E-state index in [-0.39, 0.29) is 0 Å². The van der Waals surface area contributed by atoms with E-state index in [9.17, 15) is 0 Å². The number of nitrogens with two attached hydrogens (primary N) is 1. The fourth-order valence-electron chi connectivity index (χ4n) is 2.08. The molecule has 1 aliphatic heterocycles. The van der Waals surface area contributed by atoms with Crippen LogP contribution in [0.4, 0.5) is 0 Å². The Morgan fingerprint density at radius 1 is 1.50 bits per heavy atom. The average molecular weight is 242 g/mol. The maximum absolute atomic E-state index is 6.24. The minimum Gasteiger partial charge on any atom is -0.467 e. The summed E-state index contributed by atoms with van der Waals surface area (Å²) in [7, 11) is 0. The van der Waals surface area contributed by atoms with E-state index in [1.807, 2.05) is 12.1 Å². The number of rotatable bonds is 3. The van der Waals surface area contributed by atoms with Gasteiger partial charge in [-0.2, -0.15) is 0 Å². The molecule has 1 heterocycles. The Hall–Kier alpha value is -0.770. The van der Waals surface area contributed by atoms with Crippen LogP contribution in [-0.4, -0.2) is 13.3 Å². The van der Waals surface area contributed by atoms with Crippen LogP contribution in [0.3, 0.4) is 0 Å². The maximum Gasteiger partial charge on any atom is 0.189 e. The molecule has 0 saturated heterocycles. The summed E-state index contributed by atoms with van der Waals surface area (Å²) in [5.74, 6) is 1.22. The van der Waals surface area contributed by atoms with Gasteiger partial charge in [0.1, 0.15) is 5.75 Å². The second-order valence-corrected chi connectivity index (χ2v) is 4.43. The summed E-state index contributed by atoms with van der Waals surface area (Å²) in [6, 6.07) is 3.78. The van der Waals surface area contributed by atoms with Gasteiger partial charge in [-0.25, -0.2) is 0 Å². The monoisotopic (exact) mass is 241 g/mol. The molecule has 0 aliphatic carbocycles. The first-order valence-electron chi connectivity index (χ1n) is 5.46. The Bertz CT molecular complexity index is 382. The first kappa shape index (κ1) is 11.7. The molecule has 2 N–H and O–H groups in total. The summed E-state index contributed by atoms with van der Waals surface area (Å²) in [4.78, 5) is 0. The van der Waals surface area contributed by atoms with Gasteiger partial charge in [-0.1, -0.05) is 18.5 Å². The maximum atomic E-state index is 6.24. The molecular weight excluding hydrogens is 226 g/mol. The van der Waals surface area contributed by atoms with Gasteiger partial charge in [0, 0.05) is 10.6 Å². The molecule has 0 saturated carbocycles. The van der Waals surface area contributed by atoms with Crippen LogP contribution in [0.5, 0.6) is 5.75 Å². The van der Waals surface area contributed by atoms with Gasteiger partial charge in [-0.05, 0) is 36.6 Å². The van der Waals surface area contributed by atoms with E-state index < -0.39 is 0 Å². The number of benzene rings is 1. The molecule has 1 aromatic carbocycles. The molecule has 1 aliphatic rings. The van der Waals surface area contributed by atoms with Gasteiger partial charge in [-0.15, -0.1) is 0 Å². The van der Waals surface area contributed by atoms with Crippen molar-refractivity contribution < 1.29 is 9.47 Å². The van der Waals surface area contributed by atoms with Gasteiger partial charge < -0.3 is 15.2 Å². The van der Waals surface area contributed by atoms with Crippen molar-refractivity contribution in [2.75, 3.05) is 13.3 Å². The number of hydrogen-bond acceptors (Lipinski definition) is 3. The standard InChI is InChI=1S/C12H16ClNO2/c1-8(4-5-14)12-9-6-15-7-16-11(9)3-2-10(12)13/h2-3,8H,4-7,14H2,1H3. The van der Waals surface area contributed by atoms with Crippen molar-refractivity contribution in [3.63, 3.8) is 0 Å². The van der Waals surface area contributed by atoms with E-state index in [4.69, 9.17) is 26.8 Å². The predicted molar refractivity (Wildman–Crippen MR) is 63.8 cm³/mol. The topological polar surface area (TPSA) is 44.5 Å². The number of hydrogen-bond donors (Lipinski definition) is 1. The lowest BCUT2D eigenvalue weighted by Gasteiger charge is -2.24. The first-order chi connectivity index (χ1) is 7.74. The lowest BCUT2D eigenvalue weighted by atomic mass is 9.92. The van der Waals surface area contributed by atoms with Crippen LogP contribution in [0, 0.1) is 0 Å². The number of halogens is 1. The van der Waals surface area contributed by atoms with Crippen LogP contribution < -0.4 is 10.5 Å². The third-order valence-electron chi connectivity index (χ3n) is 2.90. The van der Waals surface area contributed by atoms with Gasteiger partial charge in [-0.3, -0.25) is 0 Å². The quantitative estimate of drug-likeness (QED) is 0.885. The molecule has 0 fully saturated rings. The highest BCUT2D eigenvalue weighted by molar-refractivity contribution is 6.31. The molecule has 1 unspecified atom stereocenters. The van der Waals surface area contributed by atoms with E-state index in [2.05, 4.69) is 6.92 Å². The molecule has 16 heavy (non-hydrogen) atoms. The van der Waals surface area contributed by atoms with Crippen molar-refractivity contribution in [2.45, 2.75) is 25.9 Å². The molecule has 0 bridgehead atoms. The molecule has 1 atom stereocenters. The van der Waals surface area contributed by atoms with Crippen molar-refractivity contribution in [1.82, 2.24) is 0 Å². The second kappa shape index (κ2) is 5.04. The van der Waals surface area contributed by atoms with Crippen molar-refractivity contribution in [3.8, 4) is 5.75 Å². The van der Waals surface area contributed by atoms with Crippen molar-refractivity contribution >= 4 is 11.6 Å². The van der Waals surface area contributed by atoms with Gasteiger partial charge in [0.05, 0.1) is 6.61 Å². The summed E-state index contributed by atoms with van der Waals surface area (Å²) in [6.07, 6.45) is 0.913. The highest BCUT2D eigenvalue weighted by Crippen LogP contribution is 2.37. The predicted octanol–water partition coefficient (Wildman–Crippen LogP) is 2.66. The third-order valence-corrected chi connectivity index (χ3v) is 3.23. The van der Waals surface area contributed by atoms with Gasteiger partial charge in [0.25, 0.3) is 0 Å². The van der Waals surface area contributed by atoms with Crippen molar-refractivity contribution in [1.29, 1.82) is 0 Å². The summed E-state index contributed by atoms with van der Waals surface area (Å²) in [5, 5.41) is 0.772. The van der Waals surface area contributed by atoms with Crippen LogP contribution in [0.2, 0.25) is 5.02 Å². The minimum absolute atomic E-state index is 0.319. The van der Waals surface area contributed by atoms with E-state index in [1.54, 1.807) is 0 Å². The SMILES string of the molecule is CC(CCN)c1c(Cl)ccc2c1COCO2. The second-order valence-electron chi connectivity index (χ2n) is 4.03. The smallest absolute Gasteiger partial charge is 0.189 e. The van der Waals surface area contributed by atoms with E-state index in [0.29, 0.717) is 25.9 Å². The summed E-state index contributed by atoms with van der Waals surface area (Å²) < 4.78 is 10.7. The van der Waals surface area contributed by atoms with E-state index >= 15 is 0 Å². The first-order valence-corrected chi connectivity index (χ1v) is 5.83. The molecule has 4 heteroatoms. The average Bonchev–Trinajstić information content (AvgIpc) is 2.29. The van der Waals surface area contributed by atoms with Crippen molar-refractivity contribution in [3.05, 3.63) is 28.3 Å². The van der Waals surface area contributed by atoms with Crippen LogP contribution in [0.1, 0.15) is 30.4 Å². The van der Waals surface area contributed by atoms with Crippen LogP contribution >= 0.6 is 11.6 Å². The Labute approximate surface area is 100 Å². The molecule has 3 nitrogen and oxygen atoms in total. The Morgan fingerprint density at radius 3 is 3.06 bits per heavy atom. The zero-order valence-electron chi connectivity index (χ0n) is 9.33. The van der Waals surface area contributed by atoms with Gasteiger partial charge in [0.15, 0.2) is 6.79 Å². The van der Waals surface area contributed by atoms with E-state index in [1.165, 1.54) is 0 Å². The molecule has 1 aromatic rings. The Kier molecular flexibility index (Phi) is 3.69. The fourth-order valence-corrected chi connectivity index (χ4v) is 2.44. The minimum atomic E-state index is 0.319. The summed E-state index contributed by atoms with van der Waals surface area (Å²) >= 11 is 6.24. The van der Waals surface area contributed by atoms with Crippen LogP contribution in [0.25, 0.3) is 0 Å². The highest BCUT2D eigenvalue weighted by atomic mass is 35.5. The lowest BCUT2D eigenvalue weighted by Crippen LogP contribution is -2.15. The Balaban J connectivity index is 2.41. The largest absolute Gasteiger partial charge is 0.467 e. The highest BCUT2D eigenvalue weighted by Gasteiger charge is 2.20.